The number of rotatable bonds is 7. The lowest BCUT2D eigenvalue weighted by molar-refractivity contribution is -0.139. The third kappa shape index (κ3) is 7.44. The molecule has 1 aliphatic carbocycles. The van der Waals surface area contributed by atoms with Gasteiger partial charge in [0, 0.05) is 60.6 Å². The molecule has 2 fully saturated rings. The maximum Gasteiger partial charge on any atom is 0.410 e. The molecule has 1 aromatic heterocycles. The molecule has 2 atom stereocenters. The van der Waals surface area contributed by atoms with E-state index in [1.54, 1.807) is 42.4 Å². The lowest BCUT2D eigenvalue weighted by atomic mass is 9.79. The van der Waals surface area contributed by atoms with Crippen LogP contribution in [0.1, 0.15) is 73.0 Å². The van der Waals surface area contributed by atoms with E-state index in [1.807, 2.05) is 62.1 Å². The van der Waals surface area contributed by atoms with Gasteiger partial charge in [0.25, 0.3) is 5.56 Å². The SMILES string of the molecule is Cn1ccc(C2CCN(C(=O)OC(C)(C)C)CC2C(=O)N(Cc2cc(Br)cc(C(=O)c3ccccc3)c2)C2CC2)cc1=O. The second-order valence-electron chi connectivity index (χ2n) is 12.6. The predicted molar refractivity (Wildman–Crippen MR) is 168 cm³/mol. The van der Waals surface area contributed by atoms with Gasteiger partial charge in [-0.05, 0) is 81.3 Å². The van der Waals surface area contributed by atoms with Crippen LogP contribution in [0.2, 0.25) is 0 Å². The van der Waals surface area contributed by atoms with Crippen LogP contribution in [0.4, 0.5) is 4.79 Å². The maximum atomic E-state index is 14.5. The van der Waals surface area contributed by atoms with Crippen molar-refractivity contribution < 1.29 is 19.1 Å². The molecule has 0 radical (unpaired) electrons. The van der Waals surface area contributed by atoms with Gasteiger partial charge in [0.2, 0.25) is 5.91 Å². The topological polar surface area (TPSA) is 88.9 Å². The molecular formula is C34H38BrN3O5. The minimum absolute atomic E-state index is 0.0580. The van der Waals surface area contributed by atoms with Crippen molar-refractivity contribution in [2.24, 2.45) is 13.0 Å². The van der Waals surface area contributed by atoms with Gasteiger partial charge in [0.1, 0.15) is 5.60 Å². The molecular weight excluding hydrogens is 610 g/mol. The fourth-order valence-corrected chi connectivity index (χ4v) is 6.24. The van der Waals surface area contributed by atoms with Crippen molar-refractivity contribution >= 4 is 33.7 Å². The first-order valence-electron chi connectivity index (χ1n) is 14.7. The van der Waals surface area contributed by atoms with Crippen molar-refractivity contribution in [2.75, 3.05) is 13.1 Å². The van der Waals surface area contributed by atoms with Crippen molar-refractivity contribution in [3.05, 3.63) is 104 Å². The van der Waals surface area contributed by atoms with Gasteiger partial charge in [-0.2, -0.15) is 0 Å². The molecule has 5 rings (SSSR count). The molecule has 2 amide bonds. The van der Waals surface area contributed by atoms with E-state index in [4.69, 9.17) is 4.74 Å². The highest BCUT2D eigenvalue weighted by Crippen LogP contribution is 2.38. The van der Waals surface area contributed by atoms with Crippen molar-refractivity contribution in [2.45, 2.75) is 64.1 Å². The summed E-state index contributed by atoms with van der Waals surface area (Å²) in [5, 5.41) is 0. The number of ketones is 1. The van der Waals surface area contributed by atoms with Gasteiger partial charge in [0.05, 0.1) is 5.92 Å². The summed E-state index contributed by atoms with van der Waals surface area (Å²) in [5.74, 6) is -0.915. The quantitative estimate of drug-likeness (QED) is 0.298. The Bertz CT molecular complexity index is 1570. The monoisotopic (exact) mass is 647 g/mol. The number of aryl methyl sites for hydroxylation is 1. The largest absolute Gasteiger partial charge is 0.444 e. The smallest absolute Gasteiger partial charge is 0.410 e. The molecule has 2 unspecified atom stereocenters. The highest BCUT2D eigenvalue weighted by atomic mass is 79.9. The normalized spacial score (nSPS) is 18.7. The van der Waals surface area contributed by atoms with E-state index in [9.17, 15) is 19.2 Å². The third-order valence-electron chi connectivity index (χ3n) is 8.02. The van der Waals surface area contributed by atoms with Gasteiger partial charge in [-0.1, -0.05) is 46.3 Å². The van der Waals surface area contributed by atoms with E-state index in [1.165, 1.54) is 4.57 Å². The van der Waals surface area contributed by atoms with Gasteiger partial charge < -0.3 is 19.1 Å². The number of amides is 2. The van der Waals surface area contributed by atoms with Crippen LogP contribution < -0.4 is 5.56 Å². The Kier molecular flexibility index (Phi) is 8.92. The standard InChI is InChI=1S/C34H38BrN3O5/c1-34(2,3)43-33(42)37-15-13-28(24-12-14-36(4)30(39)19-24)29(21-37)32(41)38(27-10-11-27)20-22-16-25(18-26(35)17-22)31(40)23-8-6-5-7-9-23/h5-9,12,14,16-19,27-29H,10-11,13,15,20-21H2,1-4H3. The van der Waals surface area contributed by atoms with Gasteiger partial charge in [-0.15, -0.1) is 0 Å². The maximum absolute atomic E-state index is 14.5. The summed E-state index contributed by atoms with van der Waals surface area (Å²) in [6.45, 7) is 6.44. The first kappa shape index (κ1) is 30.7. The number of aromatic nitrogens is 1. The zero-order valence-corrected chi connectivity index (χ0v) is 26.7. The summed E-state index contributed by atoms with van der Waals surface area (Å²) >= 11 is 3.57. The Morgan fingerprint density at radius 1 is 0.977 bits per heavy atom. The average molecular weight is 649 g/mol. The molecule has 43 heavy (non-hydrogen) atoms. The van der Waals surface area contributed by atoms with Gasteiger partial charge >= 0.3 is 6.09 Å². The summed E-state index contributed by atoms with van der Waals surface area (Å²) in [7, 11) is 1.70. The fraction of sp³-hybridized carbons (Fsp3) is 0.412. The van der Waals surface area contributed by atoms with Crippen LogP contribution in [0, 0.1) is 5.92 Å². The first-order chi connectivity index (χ1) is 20.4. The van der Waals surface area contributed by atoms with Gasteiger partial charge in [-0.3, -0.25) is 14.4 Å². The number of hydrogen-bond donors (Lipinski definition) is 0. The van der Waals surface area contributed by atoms with Crippen LogP contribution in [0.3, 0.4) is 0 Å². The van der Waals surface area contributed by atoms with Crippen LogP contribution in [0.25, 0.3) is 0 Å². The number of carbonyl (C=O) groups is 3. The lowest BCUT2D eigenvalue weighted by Crippen LogP contribution is -2.51. The minimum atomic E-state index is -0.658. The molecule has 2 aliphatic rings. The van der Waals surface area contributed by atoms with Crippen molar-refractivity contribution in [1.29, 1.82) is 0 Å². The van der Waals surface area contributed by atoms with E-state index >= 15 is 0 Å². The summed E-state index contributed by atoms with van der Waals surface area (Å²) in [6.07, 6.45) is 3.61. The van der Waals surface area contributed by atoms with Crippen molar-refractivity contribution in [1.82, 2.24) is 14.4 Å². The van der Waals surface area contributed by atoms with Crippen LogP contribution in [0.15, 0.2) is 76.1 Å². The molecule has 8 nitrogen and oxygen atoms in total. The highest BCUT2D eigenvalue weighted by Gasteiger charge is 2.43. The van der Waals surface area contributed by atoms with E-state index in [0.29, 0.717) is 30.6 Å². The Balaban J connectivity index is 1.45. The summed E-state index contributed by atoms with van der Waals surface area (Å²) in [6, 6.07) is 18.3. The Hall–Kier alpha value is -3.72. The number of benzene rings is 2. The van der Waals surface area contributed by atoms with E-state index < -0.39 is 17.6 Å². The predicted octanol–water partition coefficient (Wildman–Crippen LogP) is 5.91. The highest BCUT2D eigenvalue weighted by molar-refractivity contribution is 9.10. The summed E-state index contributed by atoms with van der Waals surface area (Å²) in [4.78, 5) is 56.9. The second kappa shape index (κ2) is 12.5. The molecule has 3 aromatic rings. The number of carbonyl (C=O) groups excluding carboxylic acids is 3. The molecule has 1 aliphatic heterocycles. The summed E-state index contributed by atoms with van der Waals surface area (Å²) < 4.78 is 7.93. The lowest BCUT2D eigenvalue weighted by Gasteiger charge is -2.40. The molecule has 0 bridgehead atoms. The molecule has 226 valence electrons. The third-order valence-corrected chi connectivity index (χ3v) is 8.48. The number of piperidine rings is 1. The van der Waals surface area contributed by atoms with Crippen LogP contribution in [-0.2, 0) is 23.1 Å². The summed E-state index contributed by atoms with van der Waals surface area (Å²) in [5.41, 5.74) is 2.00. The Labute approximate surface area is 260 Å². The van der Waals surface area contributed by atoms with Crippen molar-refractivity contribution in [3.8, 4) is 0 Å². The van der Waals surface area contributed by atoms with E-state index in [2.05, 4.69) is 15.9 Å². The van der Waals surface area contributed by atoms with E-state index in [0.717, 1.165) is 28.4 Å². The first-order valence-corrected chi connectivity index (χ1v) is 15.5. The van der Waals surface area contributed by atoms with Crippen LogP contribution in [0.5, 0.6) is 0 Å². The molecule has 2 heterocycles. The van der Waals surface area contributed by atoms with Crippen LogP contribution in [-0.4, -0.2) is 56.9 Å². The second-order valence-corrected chi connectivity index (χ2v) is 13.5. The Morgan fingerprint density at radius 3 is 2.35 bits per heavy atom. The fourth-order valence-electron chi connectivity index (χ4n) is 5.70. The molecule has 0 spiro atoms. The molecule has 1 saturated heterocycles. The zero-order chi connectivity index (χ0) is 30.9. The van der Waals surface area contributed by atoms with E-state index in [-0.39, 0.29) is 35.8 Å². The van der Waals surface area contributed by atoms with Crippen molar-refractivity contribution in [3.63, 3.8) is 0 Å². The van der Waals surface area contributed by atoms with Gasteiger partial charge in [-0.25, -0.2) is 4.79 Å². The minimum Gasteiger partial charge on any atom is -0.444 e. The number of likely N-dealkylation sites (tertiary alicyclic amines) is 1. The van der Waals surface area contributed by atoms with Crippen LogP contribution >= 0.6 is 15.9 Å². The molecule has 1 saturated carbocycles. The number of hydrogen-bond acceptors (Lipinski definition) is 5. The Morgan fingerprint density at radius 2 is 1.70 bits per heavy atom. The number of halogens is 1. The number of ether oxygens (including phenoxy) is 1. The zero-order valence-electron chi connectivity index (χ0n) is 25.1. The number of pyridine rings is 1. The molecule has 0 N–H and O–H groups in total. The molecule has 2 aromatic carbocycles. The number of nitrogens with zero attached hydrogens (tertiary/aromatic N) is 3. The molecule has 9 heteroatoms. The van der Waals surface area contributed by atoms with Gasteiger partial charge in [0.15, 0.2) is 5.78 Å². The average Bonchev–Trinajstić information content (AvgIpc) is 3.81.